The summed E-state index contributed by atoms with van der Waals surface area (Å²) in [5.74, 6) is 1.44. The fourth-order valence-corrected chi connectivity index (χ4v) is 3.04. The standard InChI is InChI=1S/C19H19FN6/c1-13(2)11-26-17(24-15-6-4-8-21-19(15)26)12-25-10-9-22-18(25)14-5-3-7-16(20)23-14/h3-10,13H,11-12H2,1-2H3. The van der Waals surface area contributed by atoms with Crippen LogP contribution in [0.4, 0.5) is 4.39 Å². The Morgan fingerprint density at radius 2 is 1.92 bits per heavy atom. The van der Waals surface area contributed by atoms with E-state index >= 15 is 0 Å². The molecular formula is C19H19FN6. The predicted molar refractivity (Wildman–Crippen MR) is 96.9 cm³/mol. The number of pyridine rings is 2. The Labute approximate surface area is 150 Å². The normalized spacial score (nSPS) is 11.5. The number of aromatic nitrogens is 6. The Morgan fingerprint density at radius 3 is 2.73 bits per heavy atom. The summed E-state index contributed by atoms with van der Waals surface area (Å²) in [7, 11) is 0. The SMILES string of the molecule is CC(C)Cn1c(Cn2ccnc2-c2cccc(F)n2)nc2cccnc21. The average Bonchev–Trinajstić information content (AvgIpc) is 3.20. The summed E-state index contributed by atoms with van der Waals surface area (Å²) in [6, 6.07) is 8.56. The third kappa shape index (κ3) is 3.08. The van der Waals surface area contributed by atoms with Gasteiger partial charge in [-0.1, -0.05) is 19.9 Å². The van der Waals surface area contributed by atoms with Crippen LogP contribution in [0.15, 0.2) is 48.9 Å². The maximum Gasteiger partial charge on any atom is 0.213 e. The molecule has 4 rings (SSSR count). The number of imidazole rings is 2. The van der Waals surface area contributed by atoms with E-state index in [0.717, 1.165) is 23.5 Å². The minimum Gasteiger partial charge on any atom is -0.322 e. The van der Waals surface area contributed by atoms with Gasteiger partial charge >= 0.3 is 0 Å². The number of fused-ring (bicyclic) bond motifs is 1. The Hall–Kier alpha value is -3.09. The molecule has 0 aromatic carbocycles. The molecule has 4 aromatic rings. The van der Waals surface area contributed by atoms with Crippen molar-refractivity contribution in [1.29, 1.82) is 0 Å². The summed E-state index contributed by atoms with van der Waals surface area (Å²) in [4.78, 5) is 17.5. The highest BCUT2D eigenvalue weighted by Crippen LogP contribution is 2.20. The molecule has 0 unspecified atom stereocenters. The number of halogens is 1. The van der Waals surface area contributed by atoms with E-state index < -0.39 is 5.95 Å². The topological polar surface area (TPSA) is 61.4 Å². The fraction of sp³-hybridized carbons (Fsp3) is 0.263. The molecule has 0 aliphatic rings. The summed E-state index contributed by atoms with van der Waals surface area (Å²) < 4.78 is 17.6. The third-order valence-corrected chi connectivity index (χ3v) is 4.10. The molecule has 0 N–H and O–H groups in total. The number of rotatable bonds is 5. The van der Waals surface area contributed by atoms with E-state index in [2.05, 4.69) is 33.4 Å². The lowest BCUT2D eigenvalue weighted by Crippen LogP contribution is -2.13. The zero-order chi connectivity index (χ0) is 18.1. The third-order valence-electron chi connectivity index (χ3n) is 4.10. The van der Waals surface area contributed by atoms with Gasteiger partial charge in [-0.15, -0.1) is 0 Å². The van der Waals surface area contributed by atoms with Gasteiger partial charge in [-0.25, -0.2) is 19.9 Å². The van der Waals surface area contributed by atoms with Gasteiger partial charge in [0.05, 0.1) is 6.54 Å². The summed E-state index contributed by atoms with van der Waals surface area (Å²) in [6.45, 7) is 5.66. The lowest BCUT2D eigenvalue weighted by molar-refractivity contribution is 0.508. The van der Waals surface area contributed by atoms with Crippen LogP contribution < -0.4 is 0 Å². The van der Waals surface area contributed by atoms with Crippen LogP contribution >= 0.6 is 0 Å². The first-order valence-electron chi connectivity index (χ1n) is 8.56. The molecule has 0 saturated heterocycles. The fourth-order valence-electron chi connectivity index (χ4n) is 3.04. The van der Waals surface area contributed by atoms with Crippen molar-refractivity contribution < 1.29 is 4.39 Å². The van der Waals surface area contributed by atoms with Gasteiger partial charge in [0.25, 0.3) is 0 Å². The number of hydrogen-bond acceptors (Lipinski definition) is 4. The smallest absolute Gasteiger partial charge is 0.213 e. The van der Waals surface area contributed by atoms with E-state index in [9.17, 15) is 4.39 Å². The van der Waals surface area contributed by atoms with Crippen molar-refractivity contribution >= 4 is 11.2 Å². The minimum atomic E-state index is -0.520. The van der Waals surface area contributed by atoms with E-state index in [0.29, 0.717) is 24.0 Å². The van der Waals surface area contributed by atoms with Gasteiger partial charge in [-0.3, -0.25) is 0 Å². The lowest BCUT2D eigenvalue weighted by atomic mass is 10.2. The second-order valence-corrected chi connectivity index (χ2v) is 6.60. The molecule has 0 fully saturated rings. The molecule has 0 aliphatic heterocycles. The molecule has 7 heteroatoms. The molecule has 26 heavy (non-hydrogen) atoms. The Kier molecular flexibility index (Phi) is 4.20. The largest absolute Gasteiger partial charge is 0.322 e. The van der Waals surface area contributed by atoms with Crippen molar-refractivity contribution in [2.24, 2.45) is 5.92 Å². The van der Waals surface area contributed by atoms with Gasteiger partial charge in [0.2, 0.25) is 5.95 Å². The second kappa shape index (κ2) is 6.67. The molecule has 0 saturated carbocycles. The molecule has 132 valence electrons. The van der Waals surface area contributed by atoms with Gasteiger partial charge in [-0.05, 0) is 30.2 Å². The maximum atomic E-state index is 13.5. The van der Waals surface area contributed by atoms with E-state index in [1.807, 2.05) is 22.9 Å². The van der Waals surface area contributed by atoms with Crippen LogP contribution in [0.25, 0.3) is 22.7 Å². The van der Waals surface area contributed by atoms with Gasteiger partial charge in [0.1, 0.15) is 17.0 Å². The molecule has 0 radical (unpaired) electrons. The summed E-state index contributed by atoms with van der Waals surface area (Å²) in [6.07, 6.45) is 5.33. The lowest BCUT2D eigenvalue weighted by Gasteiger charge is -2.12. The average molecular weight is 350 g/mol. The van der Waals surface area contributed by atoms with Crippen molar-refractivity contribution in [2.45, 2.75) is 26.9 Å². The number of nitrogens with zero attached hydrogens (tertiary/aromatic N) is 6. The highest BCUT2D eigenvalue weighted by Gasteiger charge is 2.15. The van der Waals surface area contributed by atoms with Crippen LogP contribution in [-0.2, 0) is 13.1 Å². The summed E-state index contributed by atoms with van der Waals surface area (Å²) >= 11 is 0. The van der Waals surface area contributed by atoms with Crippen LogP contribution in [0.1, 0.15) is 19.7 Å². The number of hydrogen-bond donors (Lipinski definition) is 0. The molecular weight excluding hydrogens is 331 g/mol. The van der Waals surface area contributed by atoms with Crippen LogP contribution in [-0.4, -0.2) is 29.1 Å². The predicted octanol–water partition coefficient (Wildman–Crippen LogP) is 3.53. The monoisotopic (exact) mass is 350 g/mol. The van der Waals surface area contributed by atoms with Crippen LogP contribution in [0.5, 0.6) is 0 Å². The summed E-state index contributed by atoms with van der Waals surface area (Å²) in [5, 5.41) is 0. The van der Waals surface area contributed by atoms with Crippen molar-refractivity contribution in [3.8, 4) is 11.5 Å². The molecule has 0 aliphatic carbocycles. The molecule has 0 amide bonds. The van der Waals surface area contributed by atoms with Crippen molar-refractivity contribution in [1.82, 2.24) is 29.1 Å². The van der Waals surface area contributed by atoms with Gasteiger partial charge < -0.3 is 9.13 Å². The Balaban J connectivity index is 1.76. The first kappa shape index (κ1) is 16.4. The molecule has 0 atom stereocenters. The molecule has 6 nitrogen and oxygen atoms in total. The second-order valence-electron chi connectivity index (χ2n) is 6.60. The van der Waals surface area contributed by atoms with Crippen molar-refractivity contribution in [2.75, 3.05) is 0 Å². The first-order valence-corrected chi connectivity index (χ1v) is 8.56. The quantitative estimate of drug-likeness (QED) is 0.517. The molecule has 4 heterocycles. The van der Waals surface area contributed by atoms with Crippen LogP contribution in [0.3, 0.4) is 0 Å². The van der Waals surface area contributed by atoms with Crippen LogP contribution in [0, 0.1) is 11.9 Å². The van der Waals surface area contributed by atoms with E-state index in [1.54, 1.807) is 24.5 Å². The van der Waals surface area contributed by atoms with Crippen molar-refractivity contribution in [3.63, 3.8) is 0 Å². The zero-order valence-electron chi connectivity index (χ0n) is 14.7. The highest BCUT2D eigenvalue weighted by atomic mass is 19.1. The molecule has 4 aromatic heterocycles. The van der Waals surface area contributed by atoms with Gasteiger partial charge in [-0.2, -0.15) is 4.39 Å². The van der Waals surface area contributed by atoms with Crippen LogP contribution in [0.2, 0.25) is 0 Å². The molecule has 0 spiro atoms. The van der Waals surface area contributed by atoms with Gasteiger partial charge in [0, 0.05) is 25.1 Å². The first-order chi connectivity index (χ1) is 12.6. The zero-order valence-corrected chi connectivity index (χ0v) is 14.7. The van der Waals surface area contributed by atoms with Crippen molar-refractivity contribution in [3.05, 3.63) is 60.7 Å². The van der Waals surface area contributed by atoms with Gasteiger partial charge in [0.15, 0.2) is 11.5 Å². The maximum absolute atomic E-state index is 13.5. The summed E-state index contributed by atoms with van der Waals surface area (Å²) in [5.41, 5.74) is 2.25. The Morgan fingerprint density at radius 1 is 1.04 bits per heavy atom. The van der Waals surface area contributed by atoms with E-state index in [-0.39, 0.29) is 0 Å². The molecule has 0 bridgehead atoms. The Bertz CT molecular complexity index is 1050. The minimum absolute atomic E-state index is 0.459. The van der Waals surface area contributed by atoms with E-state index in [4.69, 9.17) is 4.98 Å². The van der Waals surface area contributed by atoms with E-state index in [1.165, 1.54) is 6.07 Å². The highest BCUT2D eigenvalue weighted by molar-refractivity contribution is 5.71.